The summed E-state index contributed by atoms with van der Waals surface area (Å²) in [5.41, 5.74) is 1.60. The van der Waals surface area contributed by atoms with Crippen LogP contribution in [0.1, 0.15) is 41.7 Å². The van der Waals surface area contributed by atoms with E-state index in [0.29, 0.717) is 23.4 Å². The summed E-state index contributed by atoms with van der Waals surface area (Å²) in [5, 5.41) is 6.68. The van der Waals surface area contributed by atoms with Crippen molar-refractivity contribution < 1.29 is 9.53 Å². The molecule has 5 nitrogen and oxygen atoms in total. The maximum Gasteiger partial charge on any atom is 0.357 e. The molecule has 0 N–H and O–H groups in total. The van der Waals surface area contributed by atoms with Crippen LogP contribution in [0.15, 0.2) is 17.8 Å². The summed E-state index contributed by atoms with van der Waals surface area (Å²) in [6.45, 7) is 2.14. The Hall–Kier alpha value is -1.69. The van der Waals surface area contributed by atoms with Crippen LogP contribution in [0.3, 0.4) is 0 Å². The predicted octanol–water partition coefficient (Wildman–Crippen LogP) is 2.38. The number of carbonyl (C=O) groups is 1. The van der Waals surface area contributed by atoms with Crippen molar-refractivity contribution in [2.75, 3.05) is 6.61 Å². The second kappa shape index (κ2) is 4.53. The van der Waals surface area contributed by atoms with Crippen molar-refractivity contribution in [2.24, 2.45) is 0 Å². The highest BCUT2D eigenvalue weighted by molar-refractivity contribution is 7.12. The Morgan fingerprint density at radius 3 is 3.17 bits per heavy atom. The van der Waals surface area contributed by atoms with Gasteiger partial charge in [-0.25, -0.2) is 14.5 Å². The normalized spacial score (nSPS) is 14.7. The lowest BCUT2D eigenvalue weighted by atomic mass is 10.2. The van der Waals surface area contributed by atoms with Crippen LogP contribution in [-0.2, 0) is 4.74 Å². The van der Waals surface area contributed by atoms with E-state index in [-0.39, 0.29) is 5.97 Å². The van der Waals surface area contributed by atoms with Gasteiger partial charge in [0.2, 0.25) is 5.13 Å². The van der Waals surface area contributed by atoms with Crippen molar-refractivity contribution >= 4 is 17.3 Å². The lowest BCUT2D eigenvalue weighted by Gasteiger charge is -1.96. The zero-order valence-corrected chi connectivity index (χ0v) is 10.8. The van der Waals surface area contributed by atoms with Gasteiger partial charge in [0.05, 0.1) is 12.8 Å². The summed E-state index contributed by atoms with van der Waals surface area (Å²) in [5.74, 6) is 0.290. The van der Waals surface area contributed by atoms with Crippen molar-refractivity contribution in [2.45, 2.75) is 25.7 Å². The molecule has 1 fully saturated rings. The minimum Gasteiger partial charge on any atom is -0.461 e. The summed E-state index contributed by atoms with van der Waals surface area (Å²) in [6.07, 6.45) is 6.36. The Labute approximate surface area is 108 Å². The fourth-order valence-corrected chi connectivity index (χ4v) is 2.46. The average molecular weight is 263 g/mol. The predicted molar refractivity (Wildman–Crippen MR) is 67.2 cm³/mol. The molecule has 0 radical (unpaired) electrons. The van der Waals surface area contributed by atoms with Crippen molar-refractivity contribution in [1.82, 2.24) is 14.8 Å². The Balaban J connectivity index is 1.80. The highest BCUT2D eigenvalue weighted by Crippen LogP contribution is 2.39. The smallest absolute Gasteiger partial charge is 0.357 e. The third kappa shape index (κ3) is 2.15. The van der Waals surface area contributed by atoms with Crippen LogP contribution >= 0.6 is 11.3 Å². The molecule has 0 aliphatic heterocycles. The molecule has 0 spiro atoms. The van der Waals surface area contributed by atoms with E-state index < -0.39 is 0 Å². The maximum absolute atomic E-state index is 11.5. The topological polar surface area (TPSA) is 57.0 Å². The number of esters is 1. The summed E-state index contributed by atoms with van der Waals surface area (Å²) >= 11 is 1.39. The molecule has 1 aliphatic rings. The van der Waals surface area contributed by atoms with E-state index in [1.165, 1.54) is 29.7 Å². The third-order valence-electron chi connectivity index (χ3n) is 2.82. The van der Waals surface area contributed by atoms with Gasteiger partial charge in [-0.1, -0.05) is 0 Å². The largest absolute Gasteiger partial charge is 0.461 e. The van der Waals surface area contributed by atoms with Gasteiger partial charge in [-0.3, -0.25) is 0 Å². The zero-order valence-electron chi connectivity index (χ0n) is 10.00. The van der Waals surface area contributed by atoms with Crippen LogP contribution in [0.2, 0.25) is 0 Å². The quantitative estimate of drug-likeness (QED) is 0.795. The molecule has 2 heterocycles. The number of rotatable bonds is 4. The fourth-order valence-electron chi connectivity index (χ4n) is 1.74. The molecule has 2 aromatic rings. The molecule has 6 heteroatoms. The van der Waals surface area contributed by atoms with Gasteiger partial charge >= 0.3 is 5.97 Å². The molecule has 18 heavy (non-hydrogen) atoms. The van der Waals surface area contributed by atoms with Crippen LogP contribution in [0, 0.1) is 0 Å². The molecule has 1 aliphatic carbocycles. The number of hydrogen-bond donors (Lipinski definition) is 0. The van der Waals surface area contributed by atoms with Gasteiger partial charge in [-0.15, -0.1) is 11.3 Å². The first-order valence-electron chi connectivity index (χ1n) is 5.95. The van der Waals surface area contributed by atoms with Gasteiger partial charge in [0.1, 0.15) is 0 Å². The lowest BCUT2D eigenvalue weighted by Crippen LogP contribution is -2.05. The molecule has 0 aromatic carbocycles. The summed E-state index contributed by atoms with van der Waals surface area (Å²) in [7, 11) is 0. The number of aromatic nitrogens is 3. The molecule has 1 saturated carbocycles. The number of thiazole rings is 1. The van der Waals surface area contributed by atoms with Crippen LogP contribution < -0.4 is 0 Å². The van der Waals surface area contributed by atoms with Gasteiger partial charge in [0, 0.05) is 11.6 Å². The van der Waals surface area contributed by atoms with Gasteiger partial charge in [0.25, 0.3) is 0 Å². The lowest BCUT2D eigenvalue weighted by molar-refractivity contribution is 0.0520. The number of nitrogens with zero attached hydrogens (tertiary/aromatic N) is 3. The van der Waals surface area contributed by atoms with E-state index in [1.54, 1.807) is 17.0 Å². The average Bonchev–Trinajstić information content (AvgIpc) is 2.93. The van der Waals surface area contributed by atoms with Gasteiger partial charge in [-0.2, -0.15) is 5.10 Å². The molecular weight excluding hydrogens is 250 g/mol. The Morgan fingerprint density at radius 1 is 1.61 bits per heavy atom. The number of carbonyl (C=O) groups excluding carboxylic acids is 1. The van der Waals surface area contributed by atoms with Crippen LogP contribution in [0.4, 0.5) is 0 Å². The monoisotopic (exact) mass is 263 g/mol. The third-order valence-corrected chi connectivity index (χ3v) is 3.65. The van der Waals surface area contributed by atoms with E-state index >= 15 is 0 Å². The summed E-state index contributed by atoms with van der Waals surface area (Å²) in [6, 6.07) is 0. The van der Waals surface area contributed by atoms with Crippen LogP contribution in [-0.4, -0.2) is 27.3 Å². The van der Waals surface area contributed by atoms with E-state index in [4.69, 9.17) is 4.74 Å². The Morgan fingerprint density at radius 2 is 2.44 bits per heavy atom. The first-order valence-corrected chi connectivity index (χ1v) is 6.83. The first-order chi connectivity index (χ1) is 8.78. The Kier molecular flexibility index (Phi) is 2.87. The van der Waals surface area contributed by atoms with Crippen molar-refractivity contribution in [3.63, 3.8) is 0 Å². The van der Waals surface area contributed by atoms with Gasteiger partial charge in [0.15, 0.2) is 5.69 Å². The summed E-state index contributed by atoms with van der Waals surface area (Å²) in [4.78, 5) is 15.7. The second-order valence-corrected chi connectivity index (χ2v) is 5.06. The van der Waals surface area contributed by atoms with Crippen LogP contribution in [0.5, 0.6) is 0 Å². The van der Waals surface area contributed by atoms with Gasteiger partial charge < -0.3 is 4.74 Å². The zero-order chi connectivity index (χ0) is 12.5. The minimum atomic E-state index is -0.380. The van der Waals surface area contributed by atoms with Crippen molar-refractivity contribution in [1.29, 1.82) is 0 Å². The van der Waals surface area contributed by atoms with E-state index in [1.807, 2.05) is 12.4 Å². The first kappa shape index (κ1) is 11.4. The van der Waals surface area contributed by atoms with Crippen molar-refractivity contribution in [3.05, 3.63) is 29.0 Å². The maximum atomic E-state index is 11.5. The molecule has 0 unspecified atom stereocenters. The minimum absolute atomic E-state index is 0.348. The number of ether oxygens (including phenoxy) is 1. The van der Waals surface area contributed by atoms with E-state index in [9.17, 15) is 4.79 Å². The standard InChI is InChI=1S/C12H13N3O2S/c1-2-17-11(16)10-7-18-12(14-10)15-6-9(5-13-15)8-3-4-8/h5-8H,2-4H2,1H3. The molecule has 2 aromatic heterocycles. The fraction of sp³-hybridized carbons (Fsp3) is 0.417. The number of hydrogen-bond acceptors (Lipinski definition) is 5. The molecular formula is C12H13N3O2S. The summed E-state index contributed by atoms with van der Waals surface area (Å²) < 4.78 is 6.63. The van der Waals surface area contributed by atoms with Gasteiger partial charge in [-0.05, 0) is 31.2 Å². The molecule has 0 amide bonds. The van der Waals surface area contributed by atoms with E-state index in [0.717, 1.165) is 0 Å². The van der Waals surface area contributed by atoms with Crippen LogP contribution in [0.25, 0.3) is 5.13 Å². The SMILES string of the molecule is CCOC(=O)c1csc(-n2cc(C3CC3)cn2)n1. The highest BCUT2D eigenvalue weighted by Gasteiger charge is 2.25. The Bertz CT molecular complexity index is 571. The second-order valence-electron chi connectivity index (χ2n) is 4.23. The highest BCUT2D eigenvalue weighted by atomic mass is 32.1. The molecule has 3 rings (SSSR count). The molecule has 0 atom stereocenters. The molecule has 0 saturated heterocycles. The molecule has 94 valence electrons. The van der Waals surface area contributed by atoms with E-state index in [2.05, 4.69) is 10.1 Å². The van der Waals surface area contributed by atoms with Crippen molar-refractivity contribution in [3.8, 4) is 5.13 Å². The molecule has 0 bridgehead atoms.